The van der Waals surface area contributed by atoms with Crippen LogP contribution in [-0.2, 0) is 12.4 Å². The van der Waals surface area contributed by atoms with E-state index in [-0.39, 0.29) is 11.4 Å². The fourth-order valence-electron chi connectivity index (χ4n) is 1.86. The molecule has 0 unspecified atom stereocenters. The minimum atomic E-state index is 0.0136. The number of halogens is 1. The van der Waals surface area contributed by atoms with E-state index in [2.05, 4.69) is 11.9 Å². The summed E-state index contributed by atoms with van der Waals surface area (Å²) < 4.78 is 1.69. The van der Waals surface area contributed by atoms with Crippen molar-refractivity contribution in [1.82, 2.24) is 9.55 Å². The van der Waals surface area contributed by atoms with Crippen molar-refractivity contribution in [3.63, 3.8) is 0 Å². The van der Waals surface area contributed by atoms with E-state index in [0.717, 1.165) is 18.4 Å². The zero-order valence-electron chi connectivity index (χ0n) is 9.82. The summed E-state index contributed by atoms with van der Waals surface area (Å²) in [6.07, 6.45) is 2.00. The maximum Gasteiger partial charge on any atom is 0.261 e. The third-order valence-corrected chi connectivity index (χ3v) is 3.03. The van der Waals surface area contributed by atoms with Crippen LogP contribution < -0.4 is 5.56 Å². The number of benzene rings is 1. The smallest absolute Gasteiger partial charge is 0.261 e. The molecule has 0 saturated carbocycles. The maximum absolute atomic E-state index is 12.3. The van der Waals surface area contributed by atoms with Gasteiger partial charge in [0.2, 0.25) is 0 Å². The molecule has 1 heterocycles. The molecule has 0 saturated heterocycles. The Morgan fingerprint density at radius 3 is 2.82 bits per heavy atom. The molecule has 0 spiro atoms. The van der Waals surface area contributed by atoms with Crippen molar-refractivity contribution in [2.45, 2.75) is 32.2 Å². The number of alkyl halides is 1. The Morgan fingerprint density at radius 1 is 1.35 bits per heavy atom. The Kier molecular flexibility index (Phi) is 3.79. The fourth-order valence-corrected chi connectivity index (χ4v) is 2.07. The highest BCUT2D eigenvalue weighted by atomic mass is 35.5. The molecule has 3 nitrogen and oxygen atoms in total. The maximum atomic E-state index is 12.3. The number of hydrogen-bond donors (Lipinski definition) is 0. The van der Waals surface area contributed by atoms with E-state index in [9.17, 15) is 4.79 Å². The molecule has 2 rings (SSSR count). The molecule has 0 fully saturated rings. The van der Waals surface area contributed by atoms with Gasteiger partial charge in [0.1, 0.15) is 5.82 Å². The van der Waals surface area contributed by atoms with Crippen LogP contribution >= 0.6 is 11.6 Å². The van der Waals surface area contributed by atoms with Gasteiger partial charge < -0.3 is 0 Å². The van der Waals surface area contributed by atoms with E-state index < -0.39 is 0 Å². The number of nitrogens with zero attached hydrogens (tertiary/aromatic N) is 2. The second-order valence-electron chi connectivity index (χ2n) is 3.99. The lowest BCUT2D eigenvalue weighted by Crippen LogP contribution is -2.25. The highest BCUT2D eigenvalue weighted by Gasteiger charge is 2.08. The first-order valence-electron chi connectivity index (χ1n) is 5.82. The second kappa shape index (κ2) is 5.32. The van der Waals surface area contributed by atoms with Crippen molar-refractivity contribution in [1.29, 1.82) is 0 Å². The molecule has 0 radical (unpaired) electrons. The Hall–Kier alpha value is -1.35. The molecule has 2 aromatic rings. The zero-order chi connectivity index (χ0) is 12.3. The molecular formula is C13H15ClN2O. The van der Waals surface area contributed by atoms with Gasteiger partial charge >= 0.3 is 0 Å². The number of rotatable bonds is 4. The van der Waals surface area contributed by atoms with Gasteiger partial charge in [0.15, 0.2) is 0 Å². The first-order chi connectivity index (χ1) is 8.27. The number of fused-ring (bicyclic) bond motifs is 1. The summed E-state index contributed by atoms with van der Waals surface area (Å²) in [7, 11) is 0. The summed E-state index contributed by atoms with van der Waals surface area (Å²) in [5.41, 5.74) is 0.737. The van der Waals surface area contributed by atoms with Gasteiger partial charge in [0.25, 0.3) is 5.56 Å². The SMILES string of the molecule is CCCCn1c(CCl)nc2ccccc2c1=O. The first kappa shape index (κ1) is 12.1. The standard InChI is InChI=1S/C13H15ClN2O/c1-2-3-8-16-12(9-14)15-11-7-5-4-6-10(11)13(16)17/h4-7H,2-3,8-9H2,1H3. The van der Waals surface area contributed by atoms with Crippen LogP contribution in [0.4, 0.5) is 0 Å². The minimum Gasteiger partial charge on any atom is -0.295 e. The van der Waals surface area contributed by atoms with E-state index in [4.69, 9.17) is 11.6 Å². The molecule has 17 heavy (non-hydrogen) atoms. The Balaban J connectivity index is 2.63. The largest absolute Gasteiger partial charge is 0.295 e. The Morgan fingerprint density at radius 2 is 2.12 bits per heavy atom. The quantitative estimate of drug-likeness (QED) is 0.782. The molecule has 0 bridgehead atoms. The van der Waals surface area contributed by atoms with Crippen LogP contribution in [0.25, 0.3) is 10.9 Å². The lowest BCUT2D eigenvalue weighted by Gasteiger charge is -2.10. The summed E-state index contributed by atoms with van der Waals surface area (Å²) in [5.74, 6) is 0.924. The summed E-state index contributed by atoms with van der Waals surface area (Å²) in [5, 5.41) is 0.664. The fraction of sp³-hybridized carbons (Fsp3) is 0.385. The molecule has 1 aromatic heterocycles. The minimum absolute atomic E-state index is 0.0136. The predicted octanol–water partition coefficient (Wildman–Crippen LogP) is 2.94. The third-order valence-electron chi connectivity index (χ3n) is 2.80. The Labute approximate surface area is 105 Å². The van der Waals surface area contributed by atoms with Gasteiger partial charge in [-0.25, -0.2) is 4.98 Å². The van der Waals surface area contributed by atoms with Crippen molar-refractivity contribution >= 4 is 22.5 Å². The normalized spacial score (nSPS) is 10.9. The van der Waals surface area contributed by atoms with Gasteiger partial charge in [0, 0.05) is 6.54 Å². The number of para-hydroxylation sites is 1. The van der Waals surface area contributed by atoms with Crippen LogP contribution in [0.1, 0.15) is 25.6 Å². The zero-order valence-corrected chi connectivity index (χ0v) is 10.6. The lowest BCUT2D eigenvalue weighted by molar-refractivity contribution is 0.588. The molecule has 0 N–H and O–H groups in total. The van der Waals surface area contributed by atoms with E-state index in [0.29, 0.717) is 17.8 Å². The number of aromatic nitrogens is 2. The van der Waals surface area contributed by atoms with Gasteiger partial charge in [-0.2, -0.15) is 0 Å². The van der Waals surface area contributed by atoms with Crippen molar-refractivity contribution in [3.8, 4) is 0 Å². The van der Waals surface area contributed by atoms with Gasteiger partial charge in [-0.1, -0.05) is 25.5 Å². The van der Waals surface area contributed by atoms with E-state index in [1.165, 1.54) is 0 Å². The molecular weight excluding hydrogens is 236 g/mol. The van der Waals surface area contributed by atoms with E-state index in [1.54, 1.807) is 4.57 Å². The molecule has 1 aromatic carbocycles. The van der Waals surface area contributed by atoms with Gasteiger partial charge in [-0.05, 0) is 18.6 Å². The number of unbranched alkanes of at least 4 members (excludes halogenated alkanes) is 1. The number of hydrogen-bond acceptors (Lipinski definition) is 2. The average Bonchev–Trinajstić information content (AvgIpc) is 2.37. The summed E-state index contributed by atoms with van der Waals surface area (Å²) in [6.45, 7) is 2.79. The van der Waals surface area contributed by atoms with Crippen molar-refractivity contribution in [2.75, 3.05) is 0 Å². The Bertz CT molecular complexity index is 577. The van der Waals surface area contributed by atoms with Crippen LogP contribution in [0.3, 0.4) is 0 Å². The summed E-state index contributed by atoms with van der Waals surface area (Å²) in [4.78, 5) is 16.7. The monoisotopic (exact) mass is 250 g/mol. The van der Waals surface area contributed by atoms with Crippen LogP contribution in [0, 0.1) is 0 Å². The van der Waals surface area contributed by atoms with Crippen molar-refractivity contribution in [2.24, 2.45) is 0 Å². The van der Waals surface area contributed by atoms with Gasteiger partial charge in [-0.15, -0.1) is 11.6 Å². The van der Waals surface area contributed by atoms with Gasteiger partial charge in [-0.3, -0.25) is 9.36 Å². The summed E-state index contributed by atoms with van der Waals surface area (Å²) in [6, 6.07) is 7.39. The third kappa shape index (κ3) is 2.34. The molecule has 0 amide bonds. The van der Waals surface area contributed by atoms with Crippen LogP contribution in [-0.4, -0.2) is 9.55 Å². The topological polar surface area (TPSA) is 34.9 Å². The second-order valence-corrected chi connectivity index (χ2v) is 4.26. The summed E-state index contributed by atoms with van der Waals surface area (Å²) >= 11 is 5.86. The molecule has 0 aliphatic carbocycles. The first-order valence-corrected chi connectivity index (χ1v) is 6.35. The van der Waals surface area contributed by atoms with Crippen LogP contribution in [0.5, 0.6) is 0 Å². The molecule has 4 heteroatoms. The van der Waals surface area contributed by atoms with E-state index in [1.807, 2.05) is 24.3 Å². The van der Waals surface area contributed by atoms with Crippen molar-refractivity contribution in [3.05, 3.63) is 40.4 Å². The predicted molar refractivity (Wildman–Crippen MR) is 70.5 cm³/mol. The highest BCUT2D eigenvalue weighted by molar-refractivity contribution is 6.16. The lowest BCUT2D eigenvalue weighted by atomic mass is 10.2. The average molecular weight is 251 g/mol. The molecule has 0 aliphatic rings. The van der Waals surface area contributed by atoms with Crippen molar-refractivity contribution < 1.29 is 0 Å². The highest BCUT2D eigenvalue weighted by Crippen LogP contribution is 2.10. The molecule has 0 aliphatic heterocycles. The van der Waals surface area contributed by atoms with E-state index >= 15 is 0 Å². The van der Waals surface area contributed by atoms with Crippen LogP contribution in [0.2, 0.25) is 0 Å². The van der Waals surface area contributed by atoms with Crippen LogP contribution in [0.15, 0.2) is 29.1 Å². The van der Waals surface area contributed by atoms with Gasteiger partial charge in [0.05, 0.1) is 16.8 Å². The molecule has 90 valence electrons. The molecule has 0 atom stereocenters.